The summed E-state index contributed by atoms with van der Waals surface area (Å²) in [6.45, 7) is 3.74. The van der Waals surface area contributed by atoms with E-state index in [1.807, 2.05) is 0 Å². The minimum atomic E-state index is -4.10. The number of nitro benzene ring substituents is 1. The summed E-state index contributed by atoms with van der Waals surface area (Å²) < 4.78 is 37.2. The number of rotatable bonds is 8. The fourth-order valence-electron chi connectivity index (χ4n) is 2.61. The molecule has 1 heterocycles. The maximum Gasteiger partial charge on any atom is 0.346 e. The summed E-state index contributed by atoms with van der Waals surface area (Å²) in [4.78, 5) is 23.9. The second-order valence-electron chi connectivity index (χ2n) is 5.60. The van der Waals surface area contributed by atoms with Gasteiger partial charge in [0.1, 0.15) is 4.90 Å². The number of nitrogens with one attached hydrogen (secondary N) is 1. The van der Waals surface area contributed by atoms with Crippen LogP contribution >= 0.6 is 0 Å². The predicted molar refractivity (Wildman–Crippen MR) is 91.5 cm³/mol. The summed E-state index contributed by atoms with van der Waals surface area (Å²) in [6, 6.07) is 3.42. The lowest BCUT2D eigenvalue weighted by Gasteiger charge is -2.26. The predicted octanol–water partition coefficient (Wildman–Crippen LogP) is 0.382. The maximum absolute atomic E-state index is 12.5. The average molecular weight is 387 g/mol. The van der Waals surface area contributed by atoms with E-state index in [1.165, 1.54) is 6.07 Å². The van der Waals surface area contributed by atoms with Crippen LogP contribution in [0.3, 0.4) is 0 Å². The van der Waals surface area contributed by atoms with Gasteiger partial charge in [0, 0.05) is 25.7 Å². The highest BCUT2D eigenvalue weighted by atomic mass is 32.2. The molecule has 0 spiro atoms. The summed E-state index contributed by atoms with van der Waals surface area (Å²) in [5.41, 5.74) is -1.20. The standard InChI is InChI=1S/C15H21N3O7S/c1-24-15(19)14-12(18(20)21)4-2-5-13(14)26(22,23)16-6-3-7-17-8-10-25-11-9-17/h2,4-5,16H,3,6-11H2,1H3. The number of benzene rings is 1. The number of nitrogens with zero attached hydrogens (tertiary/aromatic N) is 2. The van der Waals surface area contributed by atoms with Gasteiger partial charge in [-0.3, -0.25) is 15.0 Å². The molecule has 0 aliphatic carbocycles. The molecule has 1 N–H and O–H groups in total. The van der Waals surface area contributed by atoms with Crippen molar-refractivity contribution in [1.82, 2.24) is 9.62 Å². The van der Waals surface area contributed by atoms with Crippen molar-refractivity contribution in [2.45, 2.75) is 11.3 Å². The largest absolute Gasteiger partial charge is 0.465 e. The molecule has 0 atom stereocenters. The molecule has 26 heavy (non-hydrogen) atoms. The van der Waals surface area contributed by atoms with Crippen LogP contribution in [-0.2, 0) is 19.5 Å². The molecule has 0 amide bonds. The Morgan fingerprint density at radius 1 is 1.38 bits per heavy atom. The van der Waals surface area contributed by atoms with Crippen molar-refractivity contribution in [1.29, 1.82) is 0 Å². The molecule has 1 saturated heterocycles. The monoisotopic (exact) mass is 387 g/mol. The minimum absolute atomic E-state index is 0.142. The van der Waals surface area contributed by atoms with Gasteiger partial charge in [-0.1, -0.05) is 6.07 Å². The number of hydrogen-bond acceptors (Lipinski definition) is 8. The summed E-state index contributed by atoms with van der Waals surface area (Å²) in [7, 11) is -3.07. The Morgan fingerprint density at radius 3 is 2.69 bits per heavy atom. The van der Waals surface area contributed by atoms with Crippen molar-refractivity contribution in [3.63, 3.8) is 0 Å². The van der Waals surface area contributed by atoms with Gasteiger partial charge in [-0.25, -0.2) is 17.9 Å². The van der Waals surface area contributed by atoms with Gasteiger partial charge in [-0.2, -0.15) is 0 Å². The van der Waals surface area contributed by atoms with E-state index in [0.717, 1.165) is 32.3 Å². The molecule has 144 valence electrons. The van der Waals surface area contributed by atoms with E-state index in [-0.39, 0.29) is 6.54 Å². The first-order chi connectivity index (χ1) is 12.4. The fraction of sp³-hybridized carbons (Fsp3) is 0.533. The number of carbonyl (C=O) groups excluding carboxylic acids is 1. The molecule has 1 aromatic rings. The molecular formula is C15H21N3O7S. The van der Waals surface area contributed by atoms with Gasteiger partial charge >= 0.3 is 5.97 Å². The molecule has 0 unspecified atom stereocenters. The third kappa shape index (κ3) is 4.97. The Bertz CT molecular complexity index is 761. The first-order valence-electron chi connectivity index (χ1n) is 8.02. The number of nitro groups is 1. The lowest BCUT2D eigenvalue weighted by molar-refractivity contribution is -0.385. The molecule has 0 aromatic heterocycles. The Balaban J connectivity index is 2.11. The first kappa shape index (κ1) is 20.2. The second-order valence-corrected chi connectivity index (χ2v) is 7.34. The zero-order valence-corrected chi connectivity index (χ0v) is 15.2. The van der Waals surface area contributed by atoms with Crippen molar-refractivity contribution >= 4 is 21.7 Å². The Morgan fingerprint density at radius 2 is 2.08 bits per heavy atom. The van der Waals surface area contributed by atoms with E-state index in [1.54, 1.807) is 0 Å². The van der Waals surface area contributed by atoms with Crippen molar-refractivity contribution in [2.75, 3.05) is 46.5 Å². The van der Waals surface area contributed by atoms with E-state index in [0.29, 0.717) is 26.2 Å². The van der Waals surface area contributed by atoms with Crippen molar-refractivity contribution in [3.8, 4) is 0 Å². The number of hydrogen-bond donors (Lipinski definition) is 1. The molecule has 1 aliphatic heterocycles. The van der Waals surface area contributed by atoms with Crippen LogP contribution in [0.25, 0.3) is 0 Å². The third-order valence-electron chi connectivity index (χ3n) is 3.93. The first-order valence-corrected chi connectivity index (χ1v) is 9.50. The molecule has 10 nitrogen and oxygen atoms in total. The normalized spacial score (nSPS) is 15.6. The average Bonchev–Trinajstić information content (AvgIpc) is 2.64. The molecule has 1 aromatic carbocycles. The highest BCUT2D eigenvalue weighted by molar-refractivity contribution is 7.89. The van der Waals surface area contributed by atoms with E-state index >= 15 is 0 Å². The highest BCUT2D eigenvalue weighted by Gasteiger charge is 2.31. The van der Waals surface area contributed by atoms with Gasteiger partial charge in [0.25, 0.3) is 5.69 Å². The van der Waals surface area contributed by atoms with Gasteiger partial charge < -0.3 is 9.47 Å². The zero-order chi connectivity index (χ0) is 19.2. The van der Waals surface area contributed by atoms with Crippen LogP contribution in [0.15, 0.2) is 23.1 Å². The van der Waals surface area contributed by atoms with Gasteiger partial charge in [0.05, 0.1) is 25.2 Å². The van der Waals surface area contributed by atoms with Crippen LogP contribution in [0.2, 0.25) is 0 Å². The number of carbonyl (C=O) groups is 1. The van der Waals surface area contributed by atoms with E-state index in [2.05, 4.69) is 14.4 Å². The van der Waals surface area contributed by atoms with E-state index in [4.69, 9.17) is 4.74 Å². The van der Waals surface area contributed by atoms with Crippen LogP contribution in [0.4, 0.5) is 5.69 Å². The smallest absolute Gasteiger partial charge is 0.346 e. The number of methoxy groups -OCH3 is 1. The van der Waals surface area contributed by atoms with Crippen LogP contribution in [-0.4, -0.2) is 70.7 Å². The summed E-state index contributed by atoms with van der Waals surface area (Å²) >= 11 is 0. The maximum atomic E-state index is 12.5. The summed E-state index contributed by atoms with van der Waals surface area (Å²) in [6.07, 6.45) is 0.557. The molecular weight excluding hydrogens is 366 g/mol. The second kappa shape index (κ2) is 9.03. The summed E-state index contributed by atoms with van der Waals surface area (Å²) in [5, 5.41) is 11.1. The number of morpholine rings is 1. The Kier molecular flexibility index (Phi) is 7.03. The fourth-order valence-corrected chi connectivity index (χ4v) is 3.90. The SMILES string of the molecule is COC(=O)c1c([N+](=O)[O-])cccc1S(=O)(=O)NCCCN1CCOCC1. The third-order valence-corrected chi connectivity index (χ3v) is 5.43. The van der Waals surface area contributed by atoms with Gasteiger partial charge in [-0.05, 0) is 19.0 Å². The van der Waals surface area contributed by atoms with Gasteiger partial charge in [0.15, 0.2) is 5.56 Å². The van der Waals surface area contributed by atoms with E-state index in [9.17, 15) is 23.3 Å². The molecule has 11 heteroatoms. The molecule has 0 radical (unpaired) electrons. The molecule has 0 saturated carbocycles. The molecule has 2 rings (SSSR count). The van der Waals surface area contributed by atoms with Gasteiger partial charge in [-0.15, -0.1) is 0 Å². The topological polar surface area (TPSA) is 128 Å². The Hall–Kier alpha value is -2.08. The van der Waals surface area contributed by atoms with Crippen LogP contribution < -0.4 is 4.72 Å². The highest BCUT2D eigenvalue weighted by Crippen LogP contribution is 2.26. The number of ether oxygens (including phenoxy) is 2. The Labute approximate surface area is 151 Å². The molecule has 1 fully saturated rings. The summed E-state index contributed by atoms with van der Waals surface area (Å²) in [5.74, 6) is -1.08. The number of sulfonamides is 1. The molecule has 0 bridgehead atoms. The van der Waals surface area contributed by atoms with E-state index < -0.39 is 37.1 Å². The lowest BCUT2D eigenvalue weighted by atomic mass is 10.2. The van der Waals surface area contributed by atoms with Crippen molar-refractivity contribution in [3.05, 3.63) is 33.9 Å². The quantitative estimate of drug-likeness (QED) is 0.293. The number of esters is 1. The van der Waals surface area contributed by atoms with Crippen LogP contribution in [0.5, 0.6) is 0 Å². The van der Waals surface area contributed by atoms with Crippen LogP contribution in [0, 0.1) is 10.1 Å². The minimum Gasteiger partial charge on any atom is -0.465 e. The van der Waals surface area contributed by atoms with Gasteiger partial charge in [0.2, 0.25) is 10.0 Å². The zero-order valence-electron chi connectivity index (χ0n) is 14.3. The van der Waals surface area contributed by atoms with Crippen molar-refractivity contribution in [2.24, 2.45) is 0 Å². The van der Waals surface area contributed by atoms with Crippen LogP contribution in [0.1, 0.15) is 16.8 Å². The molecule has 1 aliphatic rings. The van der Waals surface area contributed by atoms with Crippen molar-refractivity contribution < 1.29 is 27.6 Å². The lowest BCUT2D eigenvalue weighted by Crippen LogP contribution is -2.38.